The van der Waals surface area contributed by atoms with Gasteiger partial charge in [-0.25, -0.2) is 8.42 Å². The Morgan fingerprint density at radius 2 is 2.00 bits per heavy atom. The molecule has 0 aliphatic rings. The van der Waals surface area contributed by atoms with Gasteiger partial charge >= 0.3 is 5.97 Å². The molecule has 1 unspecified atom stereocenters. The van der Waals surface area contributed by atoms with Crippen LogP contribution >= 0.6 is 0 Å². The van der Waals surface area contributed by atoms with Crippen LogP contribution in [0.25, 0.3) is 0 Å². The molecule has 96 valence electrons. The van der Waals surface area contributed by atoms with E-state index in [0.717, 1.165) is 25.7 Å². The fraction of sp³-hybridized carbons (Fsp3) is 0.909. The van der Waals surface area contributed by atoms with Gasteiger partial charge in [-0.1, -0.05) is 33.1 Å². The average Bonchev–Trinajstić information content (AvgIpc) is 2.26. The second-order valence-corrected chi connectivity index (χ2v) is 5.02. The lowest BCUT2D eigenvalue weighted by atomic mass is 10.0. The van der Waals surface area contributed by atoms with Crippen molar-refractivity contribution in [2.75, 3.05) is 12.4 Å². The normalized spacial score (nSPS) is 12.7. The lowest BCUT2D eigenvalue weighted by Gasteiger charge is -2.14. The summed E-state index contributed by atoms with van der Waals surface area (Å²) >= 11 is 0. The van der Waals surface area contributed by atoms with E-state index in [1.165, 1.54) is 0 Å². The smallest absolute Gasteiger partial charge is 0.306 e. The first-order valence-corrected chi connectivity index (χ1v) is 7.23. The zero-order valence-electron chi connectivity index (χ0n) is 10.1. The highest BCUT2D eigenvalue weighted by molar-refractivity contribution is 7.72. The SMILES string of the molecule is CCCCC(CC)COC(=O)CC[SH](=O)=O. The number of hydrogen-bond acceptors (Lipinski definition) is 4. The number of carbonyl (C=O) groups excluding carboxylic acids is 1. The Morgan fingerprint density at radius 1 is 1.31 bits per heavy atom. The lowest BCUT2D eigenvalue weighted by Crippen LogP contribution is -2.14. The molecular formula is C11H22O4S. The van der Waals surface area contributed by atoms with Crippen molar-refractivity contribution in [3.63, 3.8) is 0 Å². The van der Waals surface area contributed by atoms with E-state index < -0.39 is 16.7 Å². The second-order valence-electron chi connectivity index (χ2n) is 3.91. The maximum Gasteiger partial charge on any atom is 0.306 e. The van der Waals surface area contributed by atoms with Gasteiger partial charge in [0.2, 0.25) is 0 Å². The van der Waals surface area contributed by atoms with E-state index in [1.807, 2.05) is 0 Å². The highest BCUT2D eigenvalue weighted by atomic mass is 32.2. The average molecular weight is 250 g/mol. The third kappa shape index (κ3) is 8.71. The minimum atomic E-state index is -2.47. The molecule has 0 bridgehead atoms. The first-order valence-electron chi connectivity index (χ1n) is 5.87. The van der Waals surface area contributed by atoms with E-state index in [-0.39, 0.29) is 12.2 Å². The maximum absolute atomic E-state index is 11.2. The third-order valence-electron chi connectivity index (χ3n) is 2.52. The molecule has 16 heavy (non-hydrogen) atoms. The highest BCUT2D eigenvalue weighted by Gasteiger charge is 2.09. The van der Waals surface area contributed by atoms with Crippen molar-refractivity contribution in [3.8, 4) is 0 Å². The third-order valence-corrected chi connectivity index (χ3v) is 3.11. The molecule has 0 fully saturated rings. The van der Waals surface area contributed by atoms with Crippen LogP contribution < -0.4 is 0 Å². The molecule has 0 radical (unpaired) electrons. The van der Waals surface area contributed by atoms with Crippen LogP contribution in [-0.2, 0) is 20.2 Å². The van der Waals surface area contributed by atoms with E-state index in [4.69, 9.17) is 4.74 Å². The Bertz CT molecular complexity index is 253. The molecule has 5 heteroatoms. The summed E-state index contributed by atoms with van der Waals surface area (Å²) in [5.74, 6) is -0.112. The standard InChI is InChI=1S/C11H22O4S/c1-3-5-6-10(4-2)9-15-11(12)7-8-16(13)14/h10,16H,3-9H2,1-2H3. The zero-order chi connectivity index (χ0) is 12.4. The van der Waals surface area contributed by atoms with Crippen molar-refractivity contribution in [1.29, 1.82) is 0 Å². The van der Waals surface area contributed by atoms with E-state index in [9.17, 15) is 13.2 Å². The molecule has 0 saturated carbocycles. The molecule has 0 saturated heterocycles. The number of rotatable bonds is 9. The number of hydrogen-bond donors (Lipinski definition) is 1. The van der Waals surface area contributed by atoms with E-state index in [2.05, 4.69) is 13.8 Å². The topological polar surface area (TPSA) is 60.4 Å². The van der Waals surface area contributed by atoms with Crippen molar-refractivity contribution < 1.29 is 17.9 Å². The van der Waals surface area contributed by atoms with E-state index in [0.29, 0.717) is 12.5 Å². The monoisotopic (exact) mass is 250 g/mol. The van der Waals surface area contributed by atoms with Crippen LogP contribution in [0.5, 0.6) is 0 Å². The van der Waals surface area contributed by atoms with Crippen molar-refractivity contribution in [2.24, 2.45) is 5.92 Å². The highest BCUT2D eigenvalue weighted by Crippen LogP contribution is 2.13. The minimum absolute atomic E-state index is 0.0249. The molecule has 4 nitrogen and oxygen atoms in total. The Kier molecular flexibility index (Phi) is 9.28. The first-order chi connectivity index (χ1) is 7.60. The summed E-state index contributed by atoms with van der Waals surface area (Å²) in [5.41, 5.74) is 0. The molecular weight excluding hydrogens is 228 g/mol. The summed E-state index contributed by atoms with van der Waals surface area (Å²) in [6.45, 7) is 4.62. The van der Waals surface area contributed by atoms with Crippen molar-refractivity contribution >= 4 is 16.7 Å². The van der Waals surface area contributed by atoms with Gasteiger partial charge in [0.15, 0.2) is 0 Å². The van der Waals surface area contributed by atoms with Crippen molar-refractivity contribution in [3.05, 3.63) is 0 Å². The van der Waals surface area contributed by atoms with Gasteiger partial charge in [0, 0.05) is 0 Å². The summed E-state index contributed by atoms with van der Waals surface area (Å²) in [6.07, 6.45) is 4.31. The van der Waals surface area contributed by atoms with Gasteiger partial charge < -0.3 is 4.74 Å². The predicted molar refractivity (Wildman–Crippen MR) is 64.1 cm³/mol. The molecule has 0 heterocycles. The Labute approximate surface area is 99.3 Å². The molecule has 0 aliphatic heterocycles. The molecule has 0 aromatic heterocycles. The van der Waals surface area contributed by atoms with Crippen LogP contribution in [0.3, 0.4) is 0 Å². The van der Waals surface area contributed by atoms with Gasteiger partial charge in [-0.15, -0.1) is 0 Å². The predicted octanol–water partition coefficient (Wildman–Crippen LogP) is 1.75. The summed E-state index contributed by atoms with van der Waals surface area (Å²) in [7, 11) is -2.47. The molecule has 0 aliphatic carbocycles. The maximum atomic E-state index is 11.2. The van der Waals surface area contributed by atoms with Crippen LogP contribution in [0.1, 0.15) is 46.0 Å². The number of carbonyl (C=O) groups is 1. The van der Waals surface area contributed by atoms with Crippen LogP contribution in [0, 0.1) is 5.92 Å². The van der Waals surface area contributed by atoms with E-state index >= 15 is 0 Å². The number of thiol groups is 1. The van der Waals surface area contributed by atoms with Crippen LogP contribution in [-0.4, -0.2) is 26.7 Å². The molecule has 0 rings (SSSR count). The summed E-state index contributed by atoms with van der Waals surface area (Å²) in [4.78, 5) is 11.2. The van der Waals surface area contributed by atoms with Gasteiger partial charge in [0.25, 0.3) is 0 Å². The number of ether oxygens (including phenoxy) is 1. The fourth-order valence-corrected chi connectivity index (χ4v) is 1.73. The molecule has 0 amide bonds. The molecule has 1 atom stereocenters. The van der Waals surface area contributed by atoms with Crippen LogP contribution in [0.4, 0.5) is 0 Å². The first kappa shape index (κ1) is 15.4. The molecule has 0 N–H and O–H groups in total. The van der Waals surface area contributed by atoms with Crippen molar-refractivity contribution in [2.45, 2.75) is 46.0 Å². The van der Waals surface area contributed by atoms with E-state index in [1.54, 1.807) is 0 Å². The Balaban J connectivity index is 3.70. The number of unbranched alkanes of at least 4 members (excludes halogenated alkanes) is 1. The molecule has 0 spiro atoms. The molecule has 0 aromatic carbocycles. The molecule has 0 aromatic rings. The largest absolute Gasteiger partial charge is 0.465 e. The second kappa shape index (κ2) is 9.63. The van der Waals surface area contributed by atoms with Gasteiger partial charge in [-0.05, 0) is 12.3 Å². The number of esters is 1. The minimum Gasteiger partial charge on any atom is -0.465 e. The Hall–Kier alpha value is -0.580. The zero-order valence-corrected chi connectivity index (χ0v) is 11.0. The van der Waals surface area contributed by atoms with Crippen LogP contribution in [0.2, 0.25) is 0 Å². The van der Waals surface area contributed by atoms with Crippen LogP contribution in [0.15, 0.2) is 0 Å². The van der Waals surface area contributed by atoms with Gasteiger partial charge in [-0.3, -0.25) is 4.79 Å². The van der Waals surface area contributed by atoms with Gasteiger partial charge in [-0.2, -0.15) is 0 Å². The quantitative estimate of drug-likeness (QED) is 0.500. The summed E-state index contributed by atoms with van der Waals surface area (Å²) in [5, 5.41) is 0. The fourth-order valence-electron chi connectivity index (χ4n) is 1.36. The van der Waals surface area contributed by atoms with Gasteiger partial charge in [0.05, 0.1) is 18.8 Å². The lowest BCUT2D eigenvalue weighted by molar-refractivity contribution is -0.144. The summed E-state index contributed by atoms with van der Waals surface area (Å²) in [6, 6.07) is 0. The summed E-state index contributed by atoms with van der Waals surface area (Å²) < 4.78 is 25.6. The van der Waals surface area contributed by atoms with Gasteiger partial charge in [0.1, 0.15) is 10.7 Å². The van der Waals surface area contributed by atoms with Crippen molar-refractivity contribution in [1.82, 2.24) is 0 Å². The Morgan fingerprint density at radius 3 is 2.50 bits per heavy atom.